The number of carbonyl (C=O) groups excluding carboxylic acids is 2. The predicted molar refractivity (Wildman–Crippen MR) is 168 cm³/mol. The maximum atomic E-state index is 14.5. The van der Waals surface area contributed by atoms with Gasteiger partial charge in [-0.2, -0.15) is 0 Å². The summed E-state index contributed by atoms with van der Waals surface area (Å²) in [6.07, 6.45) is 2.80. The van der Waals surface area contributed by atoms with E-state index in [4.69, 9.17) is 27.9 Å². The number of nitrogens with zero attached hydrogens (tertiary/aromatic N) is 1. The molecule has 1 aliphatic carbocycles. The number of benzene rings is 3. The van der Waals surface area contributed by atoms with Gasteiger partial charge in [0.05, 0.1) is 5.02 Å². The van der Waals surface area contributed by atoms with Crippen molar-refractivity contribution in [2.24, 2.45) is 11.3 Å². The van der Waals surface area contributed by atoms with Crippen molar-refractivity contribution in [3.05, 3.63) is 93.5 Å². The highest BCUT2D eigenvalue weighted by Crippen LogP contribution is 2.45. The van der Waals surface area contributed by atoms with E-state index in [1.54, 1.807) is 23.1 Å². The first-order valence-electron chi connectivity index (χ1n) is 14.2. The highest BCUT2D eigenvalue weighted by molar-refractivity contribution is 6.35. The second-order valence-electron chi connectivity index (χ2n) is 12.2. The number of nitrogens with one attached hydrogen (secondary N) is 1. The smallest absolute Gasteiger partial charge is 0.261 e. The van der Waals surface area contributed by atoms with Crippen LogP contribution in [0.2, 0.25) is 10.0 Å². The van der Waals surface area contributed by atoms with E-state index in [1.807, 2.05) is 62.4 Å². The minimum absolute atomic E-state index is 0.109. The number of amides is 2. The number of carbonyl (C=O) groups is 2. The molecule has 41 heavy (non-hydrogen) atoms. The van der Waals surface area contributed by atoms with Crippen molar-refractivity contribution < 1.29 is 14.3 Å². The minimum Gasteiger partial charge on any atom is -0.482 e. The average molecular weight is 596 g/mol. The number of ether oxygens (including phenoxy) is 1. The standard InChI is InChI=1S/C34H40Cl2N2O3/c1-23-10-9-11-24(2)31(23)37-32(40)34(18-16-26(17-19-34)33(3,4)5)38(21-25-12-7-6-8-13-25)30(39)22-41-29-15-14-27(35)20-28(29)36/h6-15,20,26H,16-19,21-22H2,1-5H3,(H,37,40). The maximum Gasteiger partial charge on any atom is 0.261 e. The molecule has 0 saturated heterocycles. The molecule has 3 aromatic carbocycles. The highest BCUT2D eigenvalue weighted by atomic mass is 35.5. The van der Waals surface area contributed by atoms with Crippen LogP contribution in [-0.4, -0.2) is 28.9 Å². The van der Waals surface area contributed by atoms with Gasteiger partial charge in [0.2, 0.25) is 5.91 Å². The Morgan fingerprint density at radius 2 is 1.59 bits per heavy atom. The van der Waals surface area contributed by atoms with Crippen LogP contribution in [0, 0.1) is 25.2 Å². The predicted octanol–water partition coefficient (Wildman–Crippen LogP) is 8.63. The van der Waals surface area contributed by atoms with Gasteiger partial charge in [-0.25, -0.2) is 0 Å². The van der Waals surface area contributed by atoms with E-state index in [0.717, 1.165) is 35.2 Å². The van der Waals surface area contributed by atoms with Crippen LogP contribution in [0.4, 0.5) is 5.69 Å². The van der Waals surface area contributed by atoms with Crippen molar-refractivity contribution in [1.82, 2.24) is 4.90 Å². The number of hydrogen-bond donors (Lipinski definition) is 1. The fraction of sp³-hybridized carbons (Fsp3) is 0.412. The zero-order valence-corrected chi connectivity index (χ0v) is 26.1. The van der Waals surface area contributed by atoms with E-state index in [2.05, 4.69) is 26.1 Å². The summed E-state index contributed by atoms with van der Waals surface area (Å²) < 4.78 is 5.91. The van der Waals surface area contributed by atoms with Crippen LogP contribution in [0.15, 0.2) is 66.7 Å². The van der Waals surface area contributed by atoms with Crippen molar-refractivity contribution in [3.63, 3.8) is 0 Å². The van der Waals surface area contributed by atoms with Crippen molar-refractivity contribution in [2.75, 3.05) is 11.9 Å². The van der Waals surface area contributed by atoms with E-state index in [1.165, 1.54) is 0 Å². The lowest BCUT2D eigenvalue weighted by molar-refractivity contribution is -0.151. The van der Waals surface area contributed by atoms with Gasteiger partial charge in [-0.3, -0.25) is 9.59 Å². The molecule has 2 amide bonds. The first kappa shape index (κ1) is 30.9. The largest absolute Gasteiger partial charge is 0.482 e. The summed E-state index contributed by atoms with van der Waals surface area (Å²) in [7, 11) is 0. The number of halogens is 2. The van der Waals surface area contributed by atoms with Gasteiger partial charge in [0, 0.05) is 17.3 Å². The number of anilines is 1. The molecule has 0 unspecified atom stereocenters. The van der Waals surface area contributed by atoms with Gasteiger partial charge in [0.15, 0.2) is 6.61 Å². The first-order valence-corrected chi connectivity index (χ1v) is 15.0. The molecule has 1 saturated carbocycles. The molecule has 0 spiro atoms. The zero-order chi connectivity index (χ0) is 29.8. The molecule has 1 fully saturated rings. The van der Waals surface area contributed by atoms with Crippen molar-refractivity contribution in [3.8, 4) is 5.75 Å². The Morgan fingerprint density at radius 1 is 0.951 bits per heavy atom. The fourth-order valence-electron chi connectivity index (χ4n) is 5.88. The van der Waals surface area contributed by atoms with E-state index in [-0.39, 0.29) is 30.4 Å². The average Bonchev–Trinajstić information content (AvgIpc) is 2.93. The Labute approximate surface area is 254 Å². The molecule has 4 rings (SSSR count). The lowest BCUT2D eigenvalue weighted by Crippen LogP contribution is -2.61. The van der Waals surface area contributed by atoms with E-state index < -0.39 is 5.54 Å². The second-order valence-corrected chi connectivity index (χ2v) is 13.1. The van der Waals surface area contributed by atoms with Crippen molar-refractivity contribution in [2.45, 2.75) is 72.4 Å². The lowest BCUT2D eigenvalue weighted by Gasteiger charge is -2.48. The van der Waals surface area contributed by atoms with Crippen LogP contribution in [0.3, 0.4) is 0 Å². The quantitative estimate of drug-likeness (QED) is 0.284. The Kier molecular flexibility index (Phi) is 9.71. The molecule has 0 aliphatic heterocycles. The molecular formula is C34H40Cl2N2O3. The highest BCUT2D eigenvalue weighted by Gasteiger charge is 2.50. The summed E-state index contributed by atoms with van der Waals surface area (Å²) in [5.41, 5.74) is 2.78. The summed E-state index contributed by atoms with van der Waals surface area (Å²) in [5.74, 6) is 0.387. The topological polar surface area (TPSA) is 58.6 Å². The van der Waals surface area contributed by atoms with E-state index in [0.29, 0.717) is 34.6 Å². The summed E-state index contributed by atoms with van der Waals surface area (Å²) in [5, 5.41) is 4.05. The van der Waals surface area contributed by atoms with Crippen molar-refractivity contribution in [1.29, 1.82) is 0 Å². The Morgan fingerprint density at radius 3 is 2.17 bits per heavy atom. The summed E-state index contributed by atoms with van der Waals surface area (Å²) in [6.45, 7) is 10.8. The third-order valence-corrected chi connectivity index (χ3v) is 8.96. The molecule has 0 bridgehead atoms. The summed E-state index contributed by atoms with van der Waals surface area (Å²) in [6, 6.07) is 20.7. The zero-order valence-electron chi connectivity index (χ0n) is 24.6. The third-order valence-electron chi connectivity index (χ3n) is 8.43. The molecule has 5 nitrogen and oxygen atoms in total. The minimum atomic E-state index is -1.05. The van der Waals surface area contributed by atoms with Crippen molar-refractivity contribution >= 4 is 40.7 Å². The van der Waals surface area contributed by atoms with Crippen LogP contribution in [0.25, 0.3) is 0 Å². The van der Waals surface area contributed by atoms with Gasteiger partial charge in [-0.1, -0.05) is 92.5 Å². The molecular weight excluding hydrogens is 555 g/mol. The van der Waals surface area contributed by atoms with Gasteiger partial charge in [-0.15, -0.1) is 0 Å². The van der Waals surface area contributed by atoms with Crippen LogP contribution in [-0.2, 0) is 16.1 Å². The van der Waals surface area contributed by atoms with Gasteiger partial charge in [-0.05, 0) is 85.8 Å². The Balaban J connectivity index is 1.72. The number of hydrogen-bond acceptors (Lipinski definition) is 3. The maximum absolute atomic E-state index is 14.5. The molecule has 0 radical (unpaired) electrons. The van der Waals surface area contributed by atoms with Gasteiger partial charge >= 0.3 is 0 Å². The number of aryl methyl sites for hydroxylation is 2. The lowest BCUT2D eigenvalue weighted by atomic mass is 9.66. The van der Waals surface area contributed by atoms with Crippen LogP contribution >= 0.6 is 23.2 Å². The molecule has 3 aromatic rings. The molecule has 0 atom stereocenters. The van der Waals surface area contributed by atoms with E-state index >= 15 is 0 Å². The summed E-state index contributed by atoms with van der Waals surface area (Å²) >= 11 is 12.4. The van der Waals surface area contributed by atoms with Crippen LogP contribution in [0.1, 0.15) is 63.1 Å². The molecule has 1 aliphatic rings. The SMILES string of the molecule is Cc1cccc(C)c1NC(=O)C1(N(Cc2ccccc2)C(=O)COc2ccc(Cl)cc2Cl)CCC(C(C)(C)C)CC1. The molecule has 0 heterocycles. The van der Waals surface area contributed by atoms with Crippen LogP contribution in [0.5, 0.6) is 5.75 Å². The normalized spacial score (nSPS) is 19.0. The molecule has 0 aromatic heterocycles. The number of para-hydroxylation sites is 1. The Bertz CT molecular complexity index is 1360. The number of rotatable bonds is 8. The second kappa shape index (κ2) is 12.9. The monoisotopic (exact) mass is 594 g/mol. The van der Waals surface area contributed by atoms with E-state index in [9.17, 15) is 9.59 Å². The van der Waals surface area contributed by atoms with Gasteiger partial charge in [0.25, 0.3) is 5.91 Å². The third kappa shape index (κ3) is 7.25. The fourth-order valence-corrected chi connectivity index (χ4v) is 6.34. The summed E-state index contributed by atoms with van der Waals surface area (Å²) in [4.78, 5) is 30.3. The van der Waals surface area contributed by atoms with Gasteiger partial charge in [0.1, 0.15) is 11.3 Å². The van der Waals surface area contributed by atoms with Crippen LogP contribution < -0.4 is 10.1 Å². The Hall–Kier alpha value is -3.02. The van der Waals surface area contributed by atoms with Gasteiger partial charge < -0.3 is 15.0 Å². The first-order chi connectivity index (χ1) is 19.4. The molecule has 1 N–H and O–H groups in total. The molecule has 218 valence electrons. The molecule has 7 heteroatoms.